The lowest BCUT2D eigenvalue weighted by Crippen LogP contribution is -2.09. The Bertz CT molecular complexity index is 2580. The molecular weight excluding hydrogens is 877 g/mol. The number of para-hydroxylation sites is 2. The van der Waals surface area contributed by atoms with Crippen molar-refractivity contribution < 1.29 is 59.5 Å². The molecule has 0 bridgehead atoms. The van der Waals surface area contributed by atoms with E-state index in [1.807, 2.05) is 60.7 Å². The maximum absolute atomic E-state index is 11.0. The number of aromatic hydroxyl groups is 6. The Kier molecular flexibility index (Phi) is 17.7. The molecule has 0 aromatic heterocycles. The summed E-state index contributed by atoms with van der Waals surface area (Å²) in [4.78, 5) is 30.5. The number of rotatable bonds is 23. The van der Waals surface area contributed by atoms with Crippen LogP contribution in [0.1, 0.15) is 56.6 Å². The number of aliphatic imine (C=N–C) groups is 2. The Balaban J connectivity index is 1.10. The fourth-order valence-electron chi connectivity index (χ4n) is 6.31. The van der Waals surface area contributed by atoms with E-state index in [0.29, 0.717) is 22.6 Å². The molecule has 350 valence electrons. The molecule has 18 heteroatoms. The second-order valence-electron chi connectivity index (χ2n) is 14.2. The third-order valence-corrected chi connectivity index (χ3v) is 9.85. The third kappa shape index (κ3) is 13.0. The number of methoxy groups -OCH3 is 2. The highest BCUT2D eigenvalue weighted by atomic mass is 16.7. The highest BCUT2D eigenvalue weighted by Crippen LogP contribution is 2.38. The first-order valence-electron chi connectivity index (χ1n) is 20.8. The van der Waals surface area contributed by atoms with E-state index >= 15 is 0 Å². The molecule has 2 atom stereocenters. The Hall–Kier alpha value is -9.06. The Labute approximate surface area is 390 Å². The van der Waals surface area contributed by atoms with Gasteiger partial charge in [0.15, 0.2) is 72.4 Å². The predicted molar refractivity (Wildman–Crippen MR) is 257 cm³/mol. The molecule has 0 aliphatic carbocycles. The molecule has 0 radical (unpaired) electrons. The van der Waals surface area contributed by atoms with Gasteiger partial charge in [0.25, 0.3) is 0 Å². The smallest absolute Gasteiger partial charge is 0.167 e. The van der Waals surface area contributed by atoms with Crippen LogP contribution in [0.3, 0.4) is 0 Å². The number of phenolic OH excluding ortho intramolecular Hbond substituents is 6. The van der Waals surface area contributed by atoms with Gasteiger partial charge >= 0.3 is 0 Å². The maximum Gasteiger partial charge on any atom is 0.167 e. The van der Waals surface area contributed by atoms with Crippen LogP contribution in [0.4, 0.5) is 0 Å². The third-order valence-electron chi connectivity index (χ3n) is 9.85. The molecule has 6 N–H and O–H groups in total. The Morgan fingerprint density at radius 3 is 0.956 bits per heavy atom. The summed E-state index contributed by atoms with van der Waals surface area (Å²) in [6.45, 7) is 0.0739. The molecule has 6 rings (SSSR count). The van der Waals surface area contributed by atoms with Crippen LogP contribution in [0.2, 0.25) is 0 Å². The minimum Gasteiger partial charge on any atom is -0.504 e. The molecule has 18 nitrogen and oxygen atoms in total. The second-order valence-corrected chi connectivity index (χ2v) is 14.2. The first-order chi connectivity index (χ1) is 33.2. The molecule has 0 amide bonds. The molecule has 6 aromatic rings. The zero-order valence-corrected chi connectivity index (χ0v) is 36.8. The van der Waals surface area contributed by atoms with Gasteiger partial charge in [-0.1, -0.05) is 93.4 Å². The fraction of sp³-hybridized carbons (Fsp3) is 0.160. The van der Waals surface area contributed by atoms with Crippen LogP contribution in [0, 0.1) is 0 Å². The van der Waals surface area contributed by atoms with Gasteiger partial charge in [-0.3, -0.25) is 9.98 Å². The van der Waals surface area contributed by atoms with Crippen molar-refractivity contribution in [1.29, 1.82) is 0 Å². The van der Waals surface area contributed by atoms with Crippen LogP contribution < -0.4 is 9.47 Å². The van der Waals surface area contributed by atoms with Crippen molar-refractivity contribution in [3.63, 3.8) is 0 Å². The van der Waals surface area contributed by atoms with E-state index in [2.05, 4.69) is 20.6 Å². The van der Waals surface area contributed by atoms with Crippen LogP contribution in [0.15, 0.2) is 152 Å². The van der Waals surface area contributed by atoms with Crippen LogP contribution in [-0.4, -0.2) is 109 Å². The van der Waals surface area contributed by atoms with Gasteiger partial charge in [-0.05, 0) is 59.7 Å². The molecule has 0 saturated carbocycles. The minimum atomic E-state index is -0.679. The van der Waals surface area contributed by atoms with E-state index in [9.17, 15) is 30.6 Å². The van der Waals surface area contributed by atoms with Crippen molar-refractivity contribution in [3.8, 4) is 46.0 Å². The summed E-state index contributed by atoms with van der Waals surface area (Å²) in [5, 5.41) is 79.4. The maximum atomic E-state index is 11.0. The van der Waals surface area contributed by atoms with Gasteiger partial charge in [0.05, 0.1) is 39.1 Å². The van der Waals surface area contributed by atoms with Gasteiger partial charge in [0.2, 0.25) is 0 Å². The van der Waals surface area contributed by atoms with Crippen molar-refractivity contribution in [1.82, 2.24) is 0 Å². The van der Waals surface area contributed by atoms with E-state index in [-0.39, 0.29) is 60.2 Å². The second kappa shape index (κ2) is 24.9. The van der Waals surface area contributed by atoms with Crippen LogP contribution in [0.25, 0.3) is 0 Å². The number of hydrogen-bond donors (Lipinski definition) is 6. The molecule has 0 aliphatic rings. The number of ether oxygens (including phenoxy) is 2. The van der Waals surface area contributed by atoms with E-state index in [0.717, 1.165) is 11.1 Å². The monoisotopic (exact) mass is 924 g/mol. The first kappa shape index (κ1) is 48.4. The molecule has 0 heterocycles. The molecule has 68 heavy (non-hydrogen) atoms. The average Bonchev–Trinajstić information content (AvgIpc) is 3.36. The normalized spacial score (nSPS) is 12.7. The lowest BCUT2D eigenvalue weighted by molar-refractivity contribution is 0.0553. The fourth-order valence-corrected chi connectivity index (χ4v) is 6.31. The molecule has 0 fully saturated rings. The highest BCUT2D eigenvalue weighted by molar-refractivity contribution is 5.92. The van der Waals surface area contributed by atoms with Crippen LogP contribution in [0.5, 0.6) is 46.0 Å². The molecule has 0 aliphatic heterocycles. The highest BCUT2D eigenvalue weighted by Gasteiger charge is 2.24. The summed E-state index contributed by atoms with van der Waals surface area (Å²) in [7, 11) is 2.89. The van der Waals surface area contributed by atoms with Crippen molar-refractivity contribution in [2.24, 2.45) is 30.6 Å². The standard InChI is InChI=1S/C50H48N6O12/c1-63-41-17-9-15-35(45(41)57)29-53-65-23-25-67-55-31-39-21-19-37(47(59)49(39)61)27-51-43(33-11-5-3-6-12-33)44(34-13-7-4-8-14-34)52-28-38-20-22-40(50(62)48(38)60)32-56-68-26-24-66-54-30-36-16-10-18-42(64-2)46(36)58/h3-22,27-32,43-44,57-62H,23-26H2,1-2H3/b51-27?,52-28?,53-29+,54-30+,55-31+,56-32+/t43-,44-/m1/s1. The lowest BCUT2D eigenvalue weighted by Gasteiger charge is -2.22. The van der Waals surface area contributed by atoms with Gasteiger partial charge in [-0.2, -0.15) is 0 Å². The first-order valence-corrected chi connectivity index (χ1v) is 20.8. The van der Waals surface area contributed by atoms with Crippen molar-refractivity contribution in [2.45, 2.75) is 12.1 Å². The summed E-state index contributed by atoms with van der Waals surface area (Å²) in [6, 6.07) is 33.5. The van der Waals surface area contributed by atoms with Gasteiger partial charge in [0.1, 0.15) is 12.1 Å². The number of nitrogens with zero attached hydrogens (tertiary/aromatic N) is 6. The van der Waals surface area contributed by atoms with Gasteiger partial charge in [-0.15, -0.1) is 0 Å². The molecule has 6 aromatic carbocycles. The van der Waals surface area contributed by atoms with Gasteiger partial charge < -0.3 is 59.5 Å². The van der Waals surface area contributed by atoms with E-state index < -0.39 is 35.1 Å². The zero-order chi connectivity index (χ0) is 48.1. The summed E-state index contributed by atoms with van der Waals surface area (Å²) in [5.41, 5.74) is 3.13. The molecule has 0 saturated heterocycles. The predicted octanol–water partition coefficient (Wildman–Crippen LogP) is 7.76. The summed E-state index contributed by atoms with van der Waals surface area (Å²) < 4.78 is 10.2. The van der Waals surface area contributed by atoms with Crippen molar-refractivity contribution in [2.75, 3.05) is 40.6 Å². The largest absolute Gasteiger partial charge is 0.504 e. The van der Waals surface area contributed by atoms with E-state index in [4.69, 9.17) is 38.8 Å². The molecule has 0 unspecified atom stereocenters. The lowest BCUT2D eigenvalue weighted by atomic mass is 9.94. The van der Waals surface area contributed by atoms with Gasteiger partial charge in [-0.25, -0.2) is 0 Å². The summed E-state index contributed by atoms with van der Waals surface area (Å²) >= 11 is 0. The average molecular weight is 925 g/mol. The SMILES string of the molecule is COc1cccc(/C=N/OCCO/N=C/c2ccc(C=N[C@H](c3ccccc3)[C@H](N=Cc3ccc(/C=N/OCCO/N=C/c4cccc(OC)c4O)c(O)c3O)c3ccccc3)c(O)c2O)c1O. The van der Waals surface area contributed by atoms with Crippen molar-refractivity contribution >= 4 is 37.3 Å². The molecule has 0 spiro atoms. The topological polar surface area (TPSA) is 251 Å². The number of oxime groups is 4. The van der Waals surface area contributed by atoms with Crippen LogP contribution in [-0.2, 0) is 19.4 Å². The summed E-state index contributed by atoms with van der Waals surface area (Å²) in [6.07, 6.45) is 8.00. The zero-order valence-electron chi connectivity index (χ0n) is 36.8. The van der Waals surface area contributed by atoms with Crippen LogP contribution >= 0.6 is 0 Å². The number of benzene rings is 6. The van der Waals surface area contributed by atoms with Crippen molar-refractivity contribution in [3.05, 3.63) is 166 Å². The molecular formula is C50H48N6O12. The van der Waals surface area contributed by atoms with E-state index in [1.165, 1.54) is 63.6 Å². The quantitative estimate of drug-likeness (QED) is 0.0156. The number of hydrogen-bond acceptors (Lipinski definition) is 18. The van der Waals surface area contributed by atoms with E-state index in [1.54, 1.807) is 48.5 Å². The number of phenols is 6. The summed E-state index contributed by atoms with van der Waals surface area (Å²) in [5.74, 6) is -1.33. The Morgan fingerprint density at radius 1 is 0.353 bits per heavy atom. The Morgan fingerprint density at radius 2 is 0.647 bits per heavy atom. The van der Waals surface area contributed by atoms with Gasteiger partial charge in [0, 0.05) is 45.8 Å². The minimum absolute atomic E-state index is 0.00836.